The zero-order chi connectivity index (χ0) is 19.2. The lowest BCUT2D eigenvalue weighted by Crippen LogP contribution is -2.50. The van der Waals surface area contributed by atoms with E-state index in [2.05, 4.69) is 21.2 Å². The zero-order valence-electron chi connectivity index (χ0n) is 15.9. The molecular formula is C20H29BrN2O3. The first kappa shape index (κ1) is 20.7. The molecule has 0 bridgehead atoms. The molecule has 1 aliphatic heterocycles. The predicted molar refractivity (Wildman–Crippen MR) is 106 cm³/mol. The molecule has 26 heavy (non-hydrogen) atoms. The smallest absolute Gasteiger partial charge is 0.407 e. The van der Waals surface area contributed by atoms with Crippen molar-refractivity contribution in [3.8, 4) is 0 Å². The van der Waals surface area contributed by atoms with E-state index < -0.39 is 11.7 Å². The molecule has 0 aromatic heterocycles. The summed E-state index contributed by atoms with van der Waals surface area (Å²) in [6.07, 6.45) is 3.77. The van der Waals surface area contributed by atoms with Crippen molar-refractivity contribution < 1.29 is 14.3 Å². The van der Waals surface area contributed by atoms with Crippen LogP contribution in [0.3, 0.4) is 0 Å². The first-order valence-electron chi connectivity index (χ1n) is 9.26. The number of piperidine rings is 1. The highest BCUT2D eigenvalue weighted by atomic mass is 79.9. The number of likely N-dealkylation sites (tertiary alicyclic amines) is 1. The number of amides is 2. The summed E-state index contributed by atoms with van der Waals surface area (Å²) in [5.74, 6) is 0.149. The lowest BCUT2D eigenvalue weighted by atomic mass is 10.0. The molecule has 5 nitrogen and oxygen atoms in total. The first-order valence-corrected chi connectivity index (χ1v) is 10.1. The topological polar surface area (TPSA) is 58.6 Å². The average Bonchev–Trinajstić information content (AvgIpc) is 2.58. The molecule has 6 heteroatoms. The van der Waals surface area contributed by atoms with Crippen LogP contribution in [0, 0.1) is 0 Å². The molecule has 1 saturated heterocycles. The van der Waals surface area contributed by atoms with E-state index in [0.717, 1.165) is 35.8 Å². The van der Waals surface area contributed by atoms with Crippen molar-refractivity contribution in [2.75, 3.05) is 13.1 Å². The fourth-order valence-corrected chi connectivity index (χ4v) is 3.63. The van der Waals surface area contributed by atoms with Gasteiger partial charge < -0.3 is 15.0 Å². The SMILES string of the molecule is CC(C)(C)OC(=O)NCC1CCCCN1C(=O)CCc1ccccc1Br. The number of hydrogen-bond acceptors (Lipinski definition) is 3. The number of ether oxygens (including phenoxy) is 1. The number of rotatable bonds is 5. The van der Waals surface area contributed by atoms with Gasteiger partial charge in [0, 0.05) is 30.0 Å². The van der Waals surface area contributed by atoms with Crippen molar-refractivity contribution in [1.29, 1.82) is 0 Å². The van der Waals surface area contributed by atoms with Gasteiger partial charge in [-0.3, -0.25) is 4.79 Å². The summed E-state index contributed by atoms with van der Waals surface area (Å²) in [6, 6.07) is 8.03. The van der Waals surface area contributed by atoms with Crippen LogP contribution in [0.25, 0.3) is 0 Å². The van der Waals surface area contributed by atoms with Crippen molar-refractivity contribution in [3.63, 3.8) is 0 Å². The molecule has 1 aromatic carbocycles. The van der Waals surface area contributed by atoms with Crippen LogP contribution in [0.5, 0.6) is 0 Å². The molecule has 1 aromatic rings. The Morgan fingerprint density at radius 1 is 1.27 bits per heavy atom. The predicted octanol–water partition coefficient (Wildman–Crippen LogP) is 4.29. The van der Waals surface area contributed by atoms with E-state index >= 15 is 0 Å². The molecule has 1 N–H and O–H groups in total. The number of alkyl carbamates (subject to hydrolysis) is 1. The van der Waals surface area contributed by atoms with Gasteiger partial charge in [-0.1, -0.05) is 34.1 Å². The lowest BCUT2D eigenvalue weighted by molar-refractivity contribution is -0.134. The van der Waals surface area contributed by atoms with E-state index in [-0.39, 0.29) is 11.9 Å². The first-order chi connectivity index (χ1) is 12.3. The molecule has 1 atom stereocenters. The van der Waals surface area contributed by atoms with Crippen LogP contribution in [0.2, 0.25) is 0 Å². The Bertz CT molecular complexity index is 628. The van der Waals surface area contributed by atoms with Gasteiger partial charge in [0.25, 0.3) is 0 Å². The molecule has 1 unspecified atom stereocenters. The summed E-state index contributed by atoms with van der Waals surface area (Å²) < 4.78 is 6.32. The number of carbonyl (C=O) groups is 2. The van der Waals surface area contributed by atoms with E-state index in [9.17, 15) is 9.59 Å². The normalized spacial score (nSPS) is 17.7. The molecular weight excluding hydrogens is 396 g/mol. The summed E-state index contributed by atoms with van der Waals surface area (Å²) >= 11 is 3.53. The molecule has 0 saturated carbocycles. The summed E-state index contributed by atoms with van der Waals surface area (Å²) in [5.41, 5.74) is 0.621. The summed E-state index contributed by atoms with van der Waals surface area (Å²) in [7, 11) is 0. The van der Waals surface area contributed by atoms with Gasteiger partial charge in [0.15, 0.2) is 0 Å². The van der Waals surface area contributed by atoms with Crippen molar-refractivity contribution in [2.24, 2.45) is 0 Å². The maximum Gasteiger partial charge on any atom is 0.407 e. The number of hydrogen-bond donors (Lipinski definition) is 1. The highest BCUT2D eigenvalue weighted by Gasteiger charge is 2.27. The van der Waals surface area contributed by atoms with Crippen molar-refractivity contribution >= 4 is 27.9 Å². The largest absolute Gasteiger partial charge is 0.444 e. The Kier molecular flexibility index (Phi) is 7.50. The van der Waals surface area contributed by atoms with Crippen LogP contribution in [0.1, 0.15) is 52.0 Å². The lowest BCUT2D eigenvalue weighted by Gasteiger charge is -2.36. The van der Waals surface area contributed by atoms with E-state index in [1.54, 1.807) is 0 Å². The summed E-state index contributed by atoms with van der Waals surface area (Å²) in [5, 5.41) is 2.81. The number of halogens is 1. The minimum absolute atomic E-state index is 0.0444. The average molecular weight is 425 g/mol. The Morgan fingerprint density at radius 3 is 2.69 bits per heavy atom. The van der Waals surface area contributed by atoms with Gasteiger partial charge in [-0.25, -0.2) is 4.79 Å². The van der Waals surface area contributed by atoms with E-state index in [1.807, 2.05) is 49.9 Å². The molecule has 1 aliphatic rings. The zero-order valence-corrected chi connectivity index (χ0v) is 17.5. The van der Waals surface area contributed by atoms with Crippen molar-refractivity contribution in [3.05, 3.63) is 34.3 Å². The third-order valence-electron chi connectivity index (χ3n) is 4.39. The van der Waals surface area contributed by atoms with Gasteiger partial charge in [0.1, 0.15) is 5.60 Å². The second kappa shape index (κ2) is 9.40. The van der Waals surface area contributed by atoms with Gasteiger partial charge in [-0.2, -0.15) is 0 Å². The molecule has 0 radical (unpaired) electrons. The van der Waals surface area contributed by atoms with Gasteiger partial charge in [-0.15, -0.1) is 0 Å². The number of carbonyl (C=O) groups excluding carboxylic acids is 2. The van der Waals surface area contributed by atoms with E-state index in [4.69, 9.17) is 4.74 Å². The van der Waals surface area contributed by atoms with Crippen molar-refractivity contribution in [1.82, 2.24) is 10.2 Å². The van der Waals surface area contributed by atoms with Gasteiger partial charge >= 0.3 is 6.09 Å². The Hall–Kier alpha value is -1.56. The van der Waals surface area contributed by atoms with Crippen molar-refractivity contribution in [2.45, 2.75) is 64.5 Å². The third-order valence-corrected chi connectivity index (χ3v) is 5.17. The molecule has 2 amide bonds. The molecule has 1 fully saturated rings. The van der Waals surface area contributed by atoms with E-state index in [0.29, 0.717) is 19.4 Å². The fraction of sp³-hybridized carbons (Fsp3) is 0.600. The second-order valence-electron chi connectivity index (χ2n) is 7.71. The third kappa shape index (κ3) is 6.63. The van der Waals surface area contributed by atoms with Gasteiger partial charge in [0.05, 0.1) is 0 Å². The van der Waals surface area contributed by atoms with Gasteiger partial charge in [0.2, 0.25) is 5.91 Å². The van der Waals surface area contributed by atoms with Crippen LogP contribution in [0.15, 0.2) is 28.7 Å². The molecule has 0 aliphatic carbocycles. The van der Waals surface area contributed by atoms with Crippen LogP contribution < -0.4 is 5.32 Å². The summed E-state index contributed by atoms with van der Waals surface area (Å²) in [4.78, 5) is 26.5. The van der Waals surface area contributed by atoms with Crippen LogP contribution in [-0.2, 0) is 16.0 Å². The molecule has 144 valence electrons. The van der Waals surface area contributed by atoms with E-state index in [1.165, 1.54) is 0 Å². The molecule has 0 spiro atoms. The Labute approximate surface area is 164 Å². The maximum absolute atomic E-state index is 12.7. The second-order valence-corrected chi connectivity index (χ2v) is 8.57. The Morgan fingerprint density at radius 2 is 2.00 bits per heavy atom. The highest BCUT2D eigenvalue weighted by molar-refractivity contribution is 9.10. The van der Waals surface area contributed by atoms with Gasteiger partial charge in [-0.05, 0) is 58.1 Å². The molecule has 1 heterocycles. The summed E-state index contributed by atoms with van der Waals surface area (Å²) in [6.45, 7) is 6.71. The maximum atomic E-state index is 12.7. The number of nitrogens with one attached hydrogen (secondary N) is 1. The number of nitrogens with zero attached hydrogens (tertiary/aromatic N) is 1. The van der Waals surface area contributed by atoms with Crippen LogP contribution in [0.4, 0.5) is 4.79 Å². The number of benzene rings is 1. The van der Waals surface area contributed by atoms with Crippen LogP contribution in [-0.4, -0.2) is 41.6 Å². The Balaban J connectivity index is 1.87. The minimum atomic E-state index is -0.519. The monoisotopic (exact) mass is 424 g/mol. The quantitative estimate of drug-likeness (QED) is 0.766. The minimum Gasteiger partial charge on any atom is -0.444 e. The van der Waals surface area contributed by atoms with Crippen LogP contribution >= 0.6 is 15.9 Å². The standard InChI is InChI=1S/C20H29BrN2O3/c1-20(2,3)26-19(25)22-14-16-9-6-7-13-23(16)18(24)12-11-15-8-4-5-10-17(15)21/h4-5,8,10,16H,6-7,9,11-14H2,1-3H3,(H,22,25). The number of aryl methyl sites for hydroxylation is 1. The molecule has 2 rings (SSSR count). The fourth-order valence-electron chi connectivity index (χ4n) is 3.14. The highest BCUT2D eigenvalue weighted by Crippen LogP contribution is 2.21.